The summed E-state index contributed by atoms with van der Waals surface area (Å²) in [6.45, 7) is 6.79. The van der Waals surface area contributed by atoms with Crippen molar-refractivity contribution >= 4 is 5.91 Å². The summed E-state index contributed by atoms with van der Waals surface area (Å²) < 4.78 is 0. The highest BCUT2D eigenvalue weighted by Crippen LogP contribution is 1.87. The largest absolute Gasteiger partial charge is 0.396 e. The standard InChI is InChI=1S/C10H20N2O2/c1-3-6-12-10(14)9(2)11-7-4-5-8-13/h3,9,11,13H,1,4-8H2,2H3,(H,12,14). The van der Waals surface area contributed by atoms with Crippen molar-refractivity contribution in [2.45, 2.75) is 25.8 Å². The Bertz CT molecular complexity index is 172. The summed E-state index contributed by atoms with van der Waals surface area (Å²) >= 11 is 0. The summed E-state index contributed by atoms with van der Waals surface area (Å²) in [7, 11) is 0. The van der Waals surface area contributed by atoms with Crippen molar-refractivity contribution in [1.82, 2.24) is 10.6 Å². The number of hydrogen-bond acceptors (Lipinski definition) is 3. The van der Waals surface area contributed by atoms with Gasteiger partial charge in [0, 0.05) is 13.2 Å². The van der Waals surface area contributed by atoms with Crippen LogP contribution in [0.25, 0.3) is 0 Å². The third kappa shape index (κ3) is 6.62. The molecule has 0 heterocycles. The maximum absolute atomic E-state index is 11.3. The van der Waals surface area contributed by atoms with Crippen molar-refractivity contribution in [3.05, 3.63) is 12.7 Å². The predicted molar refractivity (Wildman–Crippen MR) is 57.0 cm³/mol. The maximum Gasteiger partial charge on any atom is 0.237 e. The van der Waals surface area contributed by atoms with Crippen molar-refractivity contribution < 1.29 is 9.90 Å². The molecule has 4 heteroatoms. The zero-order valence-electron chi connectivity index (χ0n) is 8.75. The minimum Gasteiger partial charge on any atom is -0.396 e. The zero-order valence-corrected chi connectivity index (χ0v) is 8.75. The minimum absolute atomic E-state index is 0.0195. The van der Waals surface area contributed by atoms with Gasteiger partial charge in [-0.3, -0.25) is 4.79 Å². The summed E-state index contributed by atoms with van der Waals surface area (Å²) in [4.78, 5) is 11.3. The lowest BCUT2D eigenvalue weighted by Crippen LogP contribution is -2.42. The van der Waals surface area contributed by atoms with Gasteiger partial charge in [-0.05, 0) is 26.3 Å². The SMILES string of the molecule is C=CCNC(=O)C(C)NCCCCO. The number of nitrogens with one attached hydrogen (secondary N) is 2. The van der Waals surface area contributed by atoms with Gasteiger partial charge >= 0.3 is 0 Å². The number of amides is 1. The smallest absolute Gasteiger partial charge is 0.237 e. The van der Waals surface area contributed by atoms with E-state index in [9.17, 15) is 4.79 Å². The Labute approximate surface area is 85.4 Å². The number of aliphatic hydroxyl groups is 1. The highest BCUT2D eigenvalue weighted by Gasteiger charge is 2.09. The monoisotopic (exact) mass is 200 g/mol. The van der Waals surface area contributed by atoms with Gasteiger partial charge in [0.15, 0.2) is 0 Å². The van der Waals surface area contributed by atoms with Crippen LogP contribution >= 0.6 is 0 Å². The van der Waals surface area contributed by atoms with E-state index in [-0.39, 0.29) is 18.6 Å². The fourth-order valence-corrected chi connectivity index (χ4v) is 0.974. The van der Waals surface area contributed by atoms with Crippen molar-refractivity contribution in [2.75, 3.05) is 19.7 Å². The van der Waals surface area contributed by atoms with Crippen LogP contribution in [0.1, 0.15) is 19.8 Å². The van der Waals surface area contributed by atoms with Crippen molar-refractivity contribution in [3.8, 4) is 0 Å². The number of carbonyl (C=O) groups excluding carboxylic acids is 1. The number of unbranched alkanes of at least 4 members (excludes halogenated alkanes) is 1. The lowest BCUT2D eigenvalue weighted by molar-refractivity contribution is -0.122. The molecule has 0 spiro atoms. The maximum atomic E-state index is 11.3. The van der Waals surface area contributed by atoms with Crippen LogP contribution < -0.4 is 10.6 Å². The van der Waals surface area contributed by atoms with Crippen molar-refractivity contribution in [3.63, 3.8) is 0 Å². The third-order valence-corrected chi connectivity index (χ3v) is 1.85. The predicted octanol–water partition coefficient (Wildman–Crippen LogP) is 0.0392. The van der Waals surface area contributed by atoms with Crippen molar-refractivity contribution in [1.29, 1.82) is 0 Å². The zero-order chi connectivity index (χ0) is 10.8. The Morgan fingerprint density at radius 1 is 1.57 bits per heavy atom. The second kappa shape index (κ2) is 8.72. The van der Waals surface area contributed by atoms with Crippen LogP contribution in [0, 0.1) is 0 Å². The van der Waals surface area contributed by atoms with Gasteiger partial charge in [0.25, 0.3) is 0 Å². The van der Waals surface area contributed by atoms with Crippen LogP contribution in [0.5, 0.6) is 0 Å². The molecule has 0 saturated carbocycles. The first kappa shape index (κ1) is 13.1. The molecular formula is C10H20N2O2. The van der Waals surface area contributed by atoms with Gasteiger partial charge in [-0.1, -0.05) is 6.08 Å². The summed E-state index contributed by atoms with van der Waals surface area (Å²) in [5.41, 5.74) is 0. The number of rotatable bonds is 8. The summed E-state index contributed by atoms with van der Waals surface area (Å²) in [5, 5.41) is 14.3. The molecule has 4 nitrogen and oxygen atoms in total. The van der Waals surface area contributed by atoms with E-state index in [2.05, 4.69) is 17.2 Å². The molecule has 14 heavy (non-hydrogen) atoms. The Hall–Kier alpha value is -0.870. The molecule has 0 aromatic rings. The van der Waals surface area contributed by atoms with Crippen LogP contribution in [0.4, 0.5) is 0 Å². The summed E-state index contributed by atoms with van der Waals surface area (Å²) in [6.07, 6.45) is 3.31. The van der Waals surface area contributed by atoms with Crippen LogP contribution in [0.2, 0.25) is 0 Å². The van der Waals surface area contributed by atoms with E-state index in [0.29, 0.717) is 6.54 Å². The second-order valence-electron chi connectivity index (χ2n) is 3.14. The molecule has 0 bridgehead atoms. The lowest BCUT2D eigenvalue weighted by atomic mass is 10.2. The molecule has 1 amide bonds. The molecule has 82 valence electrons. The Morgan fingerprint density at radius 3 is 2.86 bits per heavy atom. The molecular weight excluding hydrogens is 180 g/mol. The van der Waals surface area contributed by atoms with Crippen LogP contribution in [-0.2, 0) is 4.79 Å². The highest BCUT2D eigenvalue weighted by molar-refractivity contribution is 5.81. The molecule has 0 fully saturated rings. The molecule has 1 atom stereocenters. The lowest BCUT2D eigenvalue weighted by Gasteiger charge is -2.12. The van der Waals surface area contributed by atoms with E-state index in [1.165, 1.54) is 0 Å². The molecule has 3 N–H and O–H groups in total. The van der Waals surface area contributed by atoms with E-state index in [1.807, 2.05) is 6.92 Å². The fraction of sp³-hybridized carbons (Fsp3) is 0.700. The fourth-order valence-electron chi connectivity index (χ4n) is 0.974. The van der Waals surface area contributed by atoms with Crippen LogP contribution in [0.15, 0.2) is 12.7 Å². The van der Waals surface area contributed by atoms with Crippen LogP contribution in [-0.4, -0.2) is 36.8 Å². The van der Waals surface area contributed by atoms with Crippen LogP contribution in [0.3, 0.4) is 0 Å². The summed E-state index contributed by atoms with van der Waals surface area (Å²) in [5.74, 6) is -0.0195. The van der Waals surface area contributed by atoms with E-state index < -0.39 is 0 Å². The topological polar surface area (TPSA) is 61.4 Å². The van der Waals surface area contributed by atoms with Gasteiger partial charge in [-0.25, -0.2) is 0 Å². The van der Waals surface area contributed by atoms with Gasteiger partial charge in [0.05, 0.1) is 6.04 Å². The first-order valence-corrected chi connectivity index (χ1v) is 4.95. The number of aliphatic hydroxyl groups excluding tert-OH is 1. The van der Waals surface area contributed by atoms with E-state index >= 15 is 0 Å². The molecule has 0 saturated heterocycles. The first-order chi connectivity index (χ1) is 6.72. The van der Waals surface area contributed by atoms with Gasteiger partial charge < -0.3 is 15.7 Å². The van der Waals surface area contributed by atoms with E-state index in [4.69, 9.17) is 5.11 Å². The van der Waals surface area contributed by atoms with E-state index in [1.54, 1.807) is 6.08 Å². The van der Waals surface area contributed by atoms with E-state index in [0.717, 1.165) is 19.4 Å². The molecule has 1 unspecified atom stereocenters. The third-order valence-electron chi connectivity index (χ3n) is 1.85. The average molecular weight is 200 g/mol. The molecule has 0 aromatic heterocycles. The highest BCUT2D eigenvalue weighted by atomic mass is 16.2. The molecule has 0 aliphatic heterocycles. The molecule has 0 radical (unpaired) electrons. The molecule has 0 aliphatic rings. The molecule has 0 aromatic carbocycles. The van der Waals surface area contributed by atoms with Gasteiger partial charge in [-0.2, -0.15) is 0 Å². The average Bonchev–Trinajstić information content (AvgIpc) is 2.20. The molecule has 0 aliphatic carbocycles. The van der Waals surface area contributed by atoms with Gasteiger partial charge in [-0.15, -0.1) is 6.58 Å². The van der Waals surface area contributed by atoms with Gasteiger partial charge in [0.2, 0.25) is 5.91 Å². The van der Waals surface area contributed by atoms with Crippen molar-refractivity contribution in [2.24, 2.45) is 0 Å². The minimum atomic E-state index is -0.186. The number of hydrogen-bond donors (Lipinski definition) is 3. The summed E-state index contributed by atoms with van der Waals surface area (Å²) in [6, 6.07) is -0.186. The molecule has 0 rings (SSSR count). The quantitative estimate of drug-likeness (QED) is 0.383. The second-order valence-corrected chi connectivity index (χ2v) is 3.14. The van der Waals surface area contributed by atoms with Gasteiger partial charge in [0.1, 0.15) is 0 Å². The Morgan fingerprint density at radius 2 is 2.29 bits per heavy atom. The Kier molecular flexibility index (Phi) is 8.17. The normalized spacial score (nSPS) is 12.1. The Balaban J connectivity index is 3.46. The number of carbonyl (C=O) groups is 1. The first-order valence-electron chi connectivity index (χ1n) is 4.95.